The number of hydrogen-bond donors (Lipinski definition) is 0. The van der Waals surface area contributed by atoms with Crippen molar-refractivity contribution in [1.82, 2.24) is 4.31 Å². The average Bonchev–Trinajstić information content (AvgIpc) is 2.77. The third-order valence-corrected chi connectivity index (χ3v) is 6.60. The summed E-state index contributed by atoms with van der Waals surface area (Å²) >= 11 is 0. The van der Waals surface area contributed by atoms with E-state index in [1.807, 2.05) is 30.3 Å². The van der Waals surface area contributed by atoms with Crippen molar-refractivity contribution in [3.8, 4) is 0 Å². The number of hydrogen-bond acceptors (Lipinski definition) is 5. The largest absolute Gasteiger partial charge is 0.454 e. The molecule has 3 rings (SSSR count). The molecule has 0 aliphatic carbocycles. The van der Waals surface area contributed by atoms with Gasteiger partial charge in [-0.1, -0.05) is 36.8 Å². The van der Waals surface area contributed by atoms with Crippen molar-refractivity contribution in [3.63, 3.8) is 0 Å². The van der Waals surface area contributed by atoms with Crippen molar-refractivity contribution >= 4 is 27.9 Å². The summed E-state index contributed by atoms with van der Waals surface area (Å²) in [5, 5.41) is 0. The van der Waals surface area contributed by atoms with Crippen LogP contribution in [0, 0.1) is 0 Å². The molecule has 0 atom stereocenters. The number of sulfonamides is 1. The molecule has 0 saturated carbocycles. The maximum absolute atomic E-state index is 12.6. The van der Waals surface area contributed by atoms with Crippen LogP contribution in [0.15, 0.2) is 65.6 Å². The Labute approximate surface area is 170 Å². The van der Waals surface area contributed by atoms with Crippen LogP contribution in [0.5, 0.6) is 0 Å². The molecule has 1 heterocycles. The minimum absolute atomic E-state index is 0.165. The zero-order valence-electron chi connectivity index (χ0n) is 16.0. The van der Waals surface area contributed by atoms with Crippen LogP contribution in [-0.2, 0) is 19.6 Å². The van der Waals surface area contributed by atoms with Crippen LogP contribution in [0.3, 0.4) is 0 Å². The Morgan fingerprint density at radius 2 is 1.59 bits per heavy atom. The Morgan fingerprint density at radius 1 is 0.931 bits per heavy atom. The van der Waals surface area contributed by atoms with E-state index in [9.17, 15) is 18.0 Å². The van der Waals surface area contributed by atoms with Crippen molar-refractivity contribution < 1.29 is 22.7 Å². The molecular formula is C22H23NO5S. The number of benzene rings is 2. The van der Waals surface area contributed by atoms with Gasteiger partial charge in [0.1, 0.15) is 0 Å². The lowest BCUT2D eigenvalue weighted by molar-refractivity contribution is -0.136. The van der Waals surface area contributed by atoms with Crippen LogP contribution >= 0.6 is 0 Å². The van der Waals surface area contributed by atoms with Gasteiger partial charge in [0.15, 0.2) is 12.4 Å². The zero-order chi connectivity index (χ0) is 20.7. The third kappa shape index (κ3) is 5.62. The van der Waals surface area contributed by atoms with Crippen molar-refractivity contribution in [2.24, 2.45) is 0 Å². The van der Waals surface area contributed by atoms with Crippen LogP contribution in [0.2, 0.25) is 0 Å². The molecule has 2 aromatic carbocycles. The highest BCUT2D eigenvalue weighted by Crippen LogP contribution is 2.21. The van der Waals surface area contributed by atoms with E-state index in [2.05, 4.69) is 0 Å². The van der Waals surface area contributed by atoms with Crippen LogP contribution in [-0.4, -0.2) is 44.2 Å². The van der Waals surface area contributed by atoms with Gasteiger partial charge in [0, 0.05) is 24.7 Å². The van der Waals surface area contributed by atoms with Crippen LogP contribution in [0.4, 0.5) is 0 Å². The van der Waals surface area contributed by atoms with Crippen LogP contribution in [0.25, 0.3) is 6.08 Å². The Kier molecular flexibility index (Phi) is 6.95. The average molecular weight is 413 g/mol. The molecule has 0 amide bonds. The second-order valence-electron chi connectivity index (χ2n) is 6.76. The molecule has 7 heteroatoms. The van der Waals surface area contributed by atoms with Gasteiger partial charge in [-0.25, -0.2) is 13.2 Å². The van der Waals surface area contributed by atoms with Gasteiger partial charge in [-0.3, -0.25) is 4.79 Å². The Bertz CT molecular complexity index is 976. The molecule has 1 saturated heterocycles. The predicted octanol–water partition coefficient (Wildman–Crippen LogP) is 3.30. The number of piperidine rings is 1. The number of nitrogens with zero attached hydrogens (tertiary/aromatic N) is 1. The standard InChI is InChI=1S/C22H23NO5S/c24-21(17-28-22(25)14-9-18-7-3-1-4-8-18)19-10-12-20(13-11-19)29(26,27)23-15-5-2-6-16-23/h1,3-4,7-14H,2,5-6,15-17H2/b14-9+. The molecule has 1 aliphatic rings. The van der Waals surface area contributed by atoms with Gasteiger partial charge < -0.3 is 4.74 Å². The smallest absolute Gasteiger partial charge is 0.331 e. The molecule has 0 radical (unpaired) electrons. The minimum atomic E-state index is -3.54. The summed E-state index contributed by atoms with van der Waals surface area (Å²) in [6.45, 7) is 0.640. The SMILES string of the molecule is O=C(/C=C/c1ccccc1)OCC(=O)c1ccc(S(=O)(=O)N2CCCCC2)cc1. The highest BCUT2D eigenvalue weighted by atomic mass is 32.2. The summed E-state index contributed by atoms with van der Waals surface area (Å²) in [5.41, 5.74) is 1.14. The number of carbonyl (C=O) groups excluding carboxylic acids is 2. The number of esters is 1. The fraction of sp³-hybridized carbons (Fsp3) is 0.273. The maximum Gasteiger partial charge on any atom is 0.331 e. The van der Waals surface area contributed by atoms with Gasteiger partial charge >= 0.3 is 5.97 Å². The second kappa shape index (κ2) is 9.62. The number of Topliss-reactive ketones (excluding diaryl/α,β-unsaturated/α-hetero) is 1. The van der Waals surface area contributed by atoms with E-state index in [0.717, 1.165) is 24.8 Å². The first-order chi connectivity index (χ1) is 14.0. The van der Waals surface area contributed by atoms with E-state index >= 15 is 0 Å². The minimum Gasteiger partial charge on any atom is -0.454 e. The number of ketones is 1. The highest BCUT2D eigenvalue weighted by Gasteiger charge is 2.25. The Morgan fingerprint density at radius 3 is 2.24 bits per heavy atom. The molecular weight excluding hydrogens is 390 g/mol. The molecule has 152 valence electrons. The fourth-order valence-electron chi connectivity index (χ4n) is 3.06. The quantitative estimate of drug-likeness (QED) is 0.395. The van der Waals surface area contributed by atoms with E-state index < -0.39 is 28.4 Å². The highest BCUT2D eigenvalue weighted by molar-refractivity contribution is 7.89. The lowest BCUT2D eigenvalue weighted by atomic mass is 10.1. The van der Waals surface area contributed by atoms with Gasteiger partial charge in [0.2, 0.25) is 10.0 Å². The van der Waals surface area contributed by atoms with Gasteiger partial charge in [0.05, 0.1) is 4.90 Å². The van der Waals surface area contributed by atoms with Gasteiger partial charge in [-0.2, -0.15) is 4.31 Å². The molecule has 1 fully saturated rings. The fourth-order valence-corrected chi connectivity index (χ4v) is 4.58. The topological polar surface area (TPSA) is 80.8 Å². The van der Waals surface area contributed by atoms with E-state index in [1.165, 1.54) is 34.6 Å². The number of carbonyl (C=O) groups is 2. The number of ether oxygens (including phenoxy) is 1. The summed E-state index contributed by atoms with van der Waals surface area (Å²) < 4.78 is 31.7. The second-order valence-corrected chi connectivity index (χ2v) is 8.70. The molecule has 1 aliphatic heterocycles. The predicted molar refractivity (Wildman–Crippen MR) is 110 cm³/mol. The lowest BCUT2D eigenvalue weighted by Gasteiger charge is -2.25. The molecule has 0 N–H and O–H groups in total. The Balaban J connectivity index is 1.56. The monoisotopic (exact) mass is 413 g/mol. The van der Waals surface area contributed by atoms with Gasteiger partial charge in [-0.05, 0) is 48.7 Å². The molecule has 29 heavy (non-hydrogen) atoms. The first kappa shape index (κ1) is 21.0. The maximum atomic E-state index is 12.6. The summed E-state index contributed by atoms with van der Waals surface area (Å²) in [5.74, 6) is -1.01. The van der Waals surface area contributed by atoms with E-state index in [0.29, 0.717) is 18.7 Å². The summed E-state index contributed by atoms with van der Waals surface area (Å²) in [6.07, 6.45) is 5.63. The third-order valence-electron chi connectivity index (χ3n) is 4.69. The lowest BCUT2D eigenvalue weighted by Crippen LogP contribution is -2.35. The molecule has 0 aromatic heterocycles. The first-order valence-electron chi connectivity index (χ1n) is 9.50. The summed E-state index contributed by atoms with van der Waals surface area (Å²) in [6, 6.07) is 15.0. The van der Waals surface area contributed by atoms with Crippen molar-refractivity contribution in [3.05, 3.63) is 71.8 Å². The summed E-state index contributed by atoms with van der Waals surface area (Å²) in [7, 11) is -3.54. The van der Waals surface area contributed by atoms with Crippen molar-refractivity contribution in [1.29, 1.82) is 0 Å². The van der Waals surface area contributed by atoms with E-state index in [4.69, 9.17) is 4.74 Å². The zero-order valence-corrected chi connectivity index (χ0v) is 16.8. The Hall–Kier alpha value is -2.77. The van der Waals surface area contributed by atoms with Crippen LogP contribution in [0.1, 0.15) is 35.2 Å². The first-order valence-corrected chi connectivity index (χ1v) is 10.9. The molecule has 0 unspecified atom stereocenters. The molecule has 6 nitrogen and oxygen atoms in total. The number of rotatable bonds is 7. The van der Waals surface area contributed by atoms with E-state index in [1.54, 1.807) is 6.08 Å². The van der Waals surface area contributed by atoms with Gasteiger partial charge in [-0.15, -0.1) is 0 Å². The van der Waals surface area contributed by atoms with Crippen molar-refractivity contribution in [2.75, 3.05) is 19.7 Å². The van der Waals surface area contributed by atoms with Crippen molar-refractivity contribution in [2.45, 2.75) is 24.2 Å². The molecule has 0 spiro atoms. The van der Waals surface area contributed by atoms with E-state index in [-0.39, 0.29) is 4.90 Å². The normalized spacial score (nSPS) is 15.3. The summed E-state index contributed by atoms with van der Waals surface area (Å²) in [4.78, 5) is 24.2. The van der Waals surface area contributed by atoms with Gasteiger partial charge in [0.25, 0.3) is 0 Å². The van der Waals surface area contributed by atoms with Crippen LogP contribution < -0.4 is 0 Å². The molecule has 0 bridgehead atoms. The molecule has 2 aromatic rings.